The van der Waals surface area contributed by atoms with Crippen LogP contribution in [0.4, 0.5) is 19.0 Å². The molecule has 2 fully saturated rings. The Labute approximate surface area is 184 Å². The number of benzene rings is 1. The van der Waals surface area contributed by atoms with E-state index in [0.29, 0.717) is 29.8 Å². The van der Waals surface area contributed by atoms with Crippen molar-refractivity contribution in [2.24, 2.45) is 11.8 Å². The molecule has 0 amide bonds. The van der Waals surface area contributed by atoms with Crippen LogP contribution >= 0.6 is 0 Å². The number of halogens is 3. The lowest BCUT2D eigenvalue weighted by Gasteiger charge is -2.20. The first-order valence-corrected chi connectivity index (χ1v) is 10.8. The minimum atomic E-state index is -1.24. The molecule has 32 heavy (non-hydrogen) atoms. The molecule has 1 aliphatic heterocycles. The largest absolute Gasteiger partial charge is 0.366 e. The number of rotatable bonds is 5. The van der Waals surface area contributed by atoms with Crippen LogP contribution in [0.2, 0.25) is 0 Å². The number of likely N-dealkylation sites (tertiary alicyclic amines) is 1. The number of anilines is 1. The van der Waals surface area contributed by atoms with Gasteiger partial charge in [-0.1, -0.05) is 6.07 Å². The molecule has 3 atom stereocenters. The maximum absolute atomic E-state index is 14.0. The van der Waals surface area contributed by atoms with Crippen molar-refractivity contribution in [2.45, 2.75) is 32.4 Å². The average Bonchev–Trinajstić information content (AvgIpc) is 3.31. The minimum absolute atomic E-state index is 0.0928. The number of hydrogen-bond donors (Lipinski definition) is 1. The SMILES string of the molecule is Cc1cccnc1CN1C[C@H]2CC(Nc3ccc(-c4cc(F)cc(F)c4F)nn3)C[C@H]2C1. The van der Waals surface area contributed by atoms with Crippen LogP contribution in [-0.2, 0) is 6.54 Å². The van der Waals surface area contributed by atoms with E-state index in [0.717, 1.165) is 44.2 Å². The molecule has 1 aromatic carbocycles. The topological polar surface area (TPSA) is 53.9 Å². The normalized spacial score (nSPS) is 22.8. The van der Waals surface area contributed by atoms with Gasteiger partial charge in [-0.05, 0) is 61.4 Å². The number of aromatic nitrogens is 3. The van der Waals surface area contributed by atoms with E-state index in [-0.39, 0.29) is 11.3 Å². The summed E-state index contributed by atoms with van der Waals surface area (Å²) in [6.45, 7) is 5.12. The third-order valence-corrected chi connectivity index (χ3v) is 6.60. The fraction of sp³-hybridized carbons (Fsp3) is 0.375. The number of fused-ring (bicyclic) bond motifs is 1. The van der Waals surface area contributed by atoms with Crippen molar-refractivity contribution in [1.82, 2.24) is 20.1 Å². The van der Waals surface area contributed by atoms with Gasteiger partial charge in [-0.2, -0.15) is 0 Å². The lowest BCUT2D eigenvalue weighted by atomic mass is 10.0. The Morgan fingerprint density at radius 3 is 2.50 bits per heavy atom. The van der Waals surface area contributed by atoms with Crippen LogP contribution in [0, 0.1) is 36.2 Å². The third kappa shape index (κ3) is 4.19. The van der Waals surface area contributed by atoms with Crippen LogP contribution in [0.1, 0.15) is 24.1 Å². The first-order valence-electron chi connectivity index (χ1n) is 10.8. The predicted molar refractivity (Wildman–Crippen MR) is 115 cm³/mol. The Balaban J connectivity index is 1.18. The zero-order chi connectivity index (χ0) is 22.2. The molecule has 5 rings (SSSR count). The molecule has 0 radical (unpaired) electrons. The molecule has 0 bridgehead atoms. The van der Waals surface area contributed by atoms with Gasteiger partial charge in [-0.3, -0.25) is 9.88 Å². The van der Waals surface area contributed by atoms with E-state index in [1.165, 1.54) is 11.6 Å². The molecule has 1 unspecified atom stereocenters. The Kier molecular flexibility index (Phi) is 5.55. The Bertz CT molecular complexity index is 1110. The first kappa shape index (κ1) is 20.9. The van der Waals surface area contributed by atoms with Crippen molar-refractivity contribution < 1.29 is 13.2 Å². The molecule has 8 heteroatoms. The molecule has 1 N–H and O–H groups in total. The minimum Gasteiger partial charge on any atom is -0.366 e. The molecular formula is C24H24F3N5. The van der Waals surface area contributed by atoms with E-state index in [4.69, 9.17) is 0 Å². The number of hydrogen-bond acceptors (Lipinski definition) is 5. The highest BCUT2D eigenvalue weighted by Crippen LogP contribution is 2.39. The summed E-state index contributed by atoms with van der Waals surface area (Å²) >= 11 is 0. The molecule has 5 nitrogen and oxygen atoms in total. The van der Waals surface area contributed by atoms with Gasteiger partial charge >= 0.3 is 0 Å². The number of pyridine rings is 1. The Morgan fingerprint density at radius 2 is 1.81 bits per heavy atom. The monoisotopic (exact) mass is 439 g/mol. The van der Waals surface area contributed by atoms with Gasteiger partial charge in [0.05, 0.1) is 11.4 Å². The number of nitrogens with zero attached hydrogens (tertiary/aromatic N) is 4. The van der Waals surface area contributed by atoms with Crippen molar-refractivity contribution in [2.75, 3.05) is 18.4 Å². The predicted octanol–water partition coefficient (Wildman–Crippen LogP) is 4.59. The second kappa shape index (κ2) is 8.50. The van der Waals surface area contributed by atoms with Crippen LogP contribution in [-0.4, -0.2) is 39.2 Å². The summed E-state index contributed by atoms with van der Waals surface area (Å²) in [6, 6.07) is 9.01. The van der Waals surface area contributed by atoms with Crippen LogP contribution in [0.3, 0.4) is 0 Å². The molecule has 2 aromatic heterocycles. The summed E-state index contributed by atoms with van der Waals surface area (Å²) in [5, 5.41) is 11.5. The van der Waals surface area contributed by atoms with Gasteiger partial charge in [0.15, 0.2) is 11.6 Å². The second-order valence-electron chi connectivity index (χ2n) is 8.85. The quantitative estimate of drug-likeness (QED) is 0.590. The standard InChI is InChI=1S/C24H24F3N5/c1-14-3-2-6-28-22(14)13-32-11-15-7-18(8-16(15)12-32)29-23-5-4-21(30-31-23)19-9-17(25)10-20(26)24(19)27/h2-6,9-10,15-16,18H,7-8,11-13H2,1H3,(H,29,31)/t15-,16+,18?. The lowest BCUT2D eigenvalue weighted by molar-refractivity contribution is 0.297. The summed E-state index contributed by atoms with van der Waals surface area (Å²) in [7, 11) is 0. The fourth-order valence-electron chi connectivity index (χ4n) is 5.04. The van der Waals surface area contributed by atoms with Crippen molar-refractivity contribution in [3.05, 3.63) is 71.3 Å². The number of aryl methyl sites for hydroxylation is 1. The van der Waals surface area contributed by atoms with Crippen LogP contribution in [0.25, 0.3) is 11.3 Å². The first-order chi connectivity index (χ1) is 15.5. The van der Waals surface area contributed by atoms with E-state index < -0.39 is 17.5 Å². The molecule has 1 aliphatic carbocycles. The molecule has 166 valence electrons. The van der Waals surface area contributed by atoms with Gasteiger partial charge in [0.25, 0.3) is 0 Å². The fourth-order valence-corrected chi connectivity index (χ4v) is 5.04. The van der Waals surface area contributed by atoms with Gasteiger partial charge in [0.2, 0.25) is 0 Å². The van der Waals surface area contributed by atoms with E-state index >= 15 is 0 Å². The molecule has 1 saturated carbocycles. The summed E-state index contributed by atoms with van der Waals surface area (Å²) in [5.74, 6) is -1.38. The Morgan fingerprint density at radius 1 is 1.03 bits per heavy atom. The van der Waals surface area contributed by atoms with Crippen LogP contribution in [0.15, 0.2) is 42.6 Å². The third-order valence-electron chi connectivity index (χ3n) is 6.60. The molecular weight excluding hydrogens is 415 g/mol. The highest BCUT2D eigenvalue weighted by atomic mass is 19.2. The summed E-state index contributed by atoms with van der Waals surface area (Å²) in [5.41, 5.74) is 2.23. The smallest absolute Gasteiger partial charge is 0.168 e. The van der Waals surface area contributed by atoms with Gasteiger partial charge < -0.3 is 5.32 Å². The summed E-state index contributed by atoms with van der Waals surface area (Å²) in [4.78, 5) is 7.00. The Hall–Kier alpha value is -3.00. The average molecular weight is 439 g/mol. The van der Waals surface area contributed by atoms with Gasteiger partial charge in [0.1, 0.15) is 11.6 Å². The van der Waals surface area contributed by atoms with E-state index in [2.05, 4.69) is 38.4 Å². The summed E-state index contributed by atoms with van der Waals surface area (Å²) in [6.07, 6.45) is 3.95. The van der Waals surface area contributed by atoms with Crippen LogP contribution in [0.5, 0.6) is 0 Å². The van der Waals surface area contributed by atoms with Gasteiger partial charge in [0, 0.05) is 43.5 Å². The molecule has 3 aromatic rings. The zero-order valence-corrected chi connectivity index (χ0v) is 17.7. The van der Waals surface area contributed by atoms with Gasteiger partial charge in [-0.15, -0.1) is 10.2 Å². The second-order valence-corrected chi connectivity index (χ2v) is 8.85. The number of nitrogens with one attached hydrogen (secondary N) is 1. The molecule has 0 spiro atoms. The molecule has 1 saturated heterocycles. The van der Waals surface area contributed by atoms with Gasteiger partial charge in [-0.25, -0.2) is 13.2 Å². The lowest BCUT2D eigenvalue weighted by Crippen LogP contribution is -2.25. The maximum atomic E-state index is 14.0. The van der Waals surface area contributed by atoms with Crippen LogP contribution < -0.4 is 5.32 Å². The van der Waals surface area contributed by atoms with E-state index in [9.17, 15) is 13.2 Å². The maximum Gasteiger partial charge on any atom is 0.168 e. The zero-order valence-electron chi connectivity index (χ0n) is 17.7. The summed E-state index contributed by atoms with van der Waals surface area (Å²) < 4.78 is 40.9. The van der Waals surface area contributed by atoms with Crippen molar-refractivity contribution in [3.8, 4) is 11.3 Å². The van der Waals surface area contributed by atoms with Crippen molar-refractivity contribution in [1.29, 1.82) is 0 Å². The molecule has 2 aliphatic rings. The van der Waals surface area contributed by atoms with E-state index in [1.807, 2.05) is 12.3 Å². The molecule has 3 heterocycles. The highest BCUT2D eigenvalue weighted by Gasteiger charge is 2.41. The van der Waals surface area contributed by atoms with Crippen molar-refractivity contribution in [3.63, 3.8) is 0 Å². The van der Waals surface area contributed by atoms with Crippen molar-refractivity contribution >= 4 is 5.82 Å². The van der Waals surface area contributed by atoms with E-state index in [1.54, 1.807) is 6.07 Å². The highest BCUT2D eigenvalue weighted by molar-refractivity contribution is 5.60.